The van der Waals surface area contributed by atoms with Crippen LogP contribution in [0.2, 0.25) is 0 Å². The minimum absolute atomic E-state index is 0.0808. The van der Waals surface area contributed by atoms with Crippen molar-refractivity contribution in [2.45, 2.75) is 25.3 Å². The number of aliphatic imine (C=N–C) groups is 1. The summed E-state index contributed by atoms with van der Waals surface area (Å²) in [6.07, 6.45) is 1.99. The lowest BCUT2D eigenvalue weighted by Crippen LogP contribution is -2.51. The van der Waals surface area contributed by atoms with Gasteiger partial charge in [0.1, 0.15) is 0 Å². The fourth-order valence-corrected chi connectivity index (χ4v) is 1.12. The molecule has 1 rings (SSSR count). The third-order valence-electron chi connectivity index (χ3n) is 2.02. The lowest BCUT2D eigenvalue weighted by molar-refractivity contribution is 0.119. The fourth-order valence-electron chi connectivity index (χ4n) is 1.12. The molecule has 0 saturated carbocycles. The highest BCUT2D eigenvalue weighted by molar-refractivity contribution is 5.84. The Kier molecular flexibility index (Phi) is 3.05. The van der Waals surface area contributed by atoms with E-state index in [0.29, 0.717) is 0 Å². The van der Waals surface area contributed by atoms with Gasteiger partial charge in [-0.3, -0.25) is 4.99 Å². The normalized spacial score (nSPS) is 17.8. The maximum atomic E-state index is 8.97. The molecule has 70 valence electrons. The zero-order chi connectivity index (χ0) is 9.03. The molecule has 4 heteroatoms. The van der Waals surface area contributed by atoms with Crippen molar-refractivity contribution in [1.82, 2.24) is 5.32 Å². The van der Waals surface area contributed by atoms with Crippen molar-refractivity contribution in [1.29, 1.82) is 0 Å². The van der Waals surface area contributed by atoms with Crippen molar-refractivity contribution >= 4 is 5.84 Å². The van der Waals surface area contributed by atoms with Gasteiger partial charge in [-0.05, 0) is 13.3 Å². The van der Waals surface area contributed by atoms with Crippen LogP contribution in [0.25, 0.3) is 0 Å². The largest absolute Gasteiger partial charge is 0.394 e. The van der Waals surface area contributed by atoms with Crippen molar-refractivity contribution in [2.24, 2.45) is 4.99 Å². The van der Waals surface area contributed by atoms with E-state index in [9.17, 15) is 0 Å². The zero-order valence-corrected chi connectivity index (χ0v) is 7.38. The second kappa shape index (κ2) is 3.87. The lowest BCUT2D eigenvalue weighted by atomic mass is 10.1. The summed E-state index contributed by atoms with van der Waals surface area (Å²) in [6.45, 7) is 2.47. The summed E-state index contributed by atoms with van der Waals surface area (Å²) in [6, 6.07) is 0. The van der Waals surface area contributed by atoms with Gasteiger partial charge in [-0.15, -0.1) is 0 Å². The van der Waals surface area contributed by atoms with E-state index < -0.39 is 5.54 Å². The molecule has 1 heterocycles. The minimum atomic E-state index is -0.622. The third kappa shape index (κ3) is 2.19. The average Bonchev–Trinajstić information content (AvgIpc) is 2.57. The summed E-state index contributed by atoms with van der Waals surface area (Å²) in [5.41, 5.74) is -0.622. The summed E-state index contributed by atoms with van der Waals surface area (Å²) in [7, 11) is 0. The van der Waals surface area contributed by atoms with Crippen LogP contribution in [0.1, 0.15) is 19.8 Å². The lowest BCUT2D eigenvalue weighted by Gasteiger charge is -2.27. The van der Waals surface area contributed by atoms with Gasteiger partial charge in [0.05, 0.1) is 24.6 Å². The molecule has 0 unspecified atom stereocenters. The SMILES string of the molecule is CC(CO)(CO)NC1=NCCC1. The molecule has 0 aromatic carbocycles. The van der Waals surface area contributed by atoms with Gasteiger partial charge in [-0.25, -0.2) is 0 Å². The van der Waals surface area contributed by atoms with Gasteiger partial charge < -0.3 is 15.5 Å². The molecule has 0 atom stereocenters. The Hall–Kier alpha value is -0.610. The van der Waals surface area contributed by atoms with Crippen LogP contribution in [0.4, 0.5) is 0 Å². The van der Waals surface area contributed by atoms with E-state index >= 15 is 0 Å². The van der Waals surface area contributed by atoms with Crippen molar-refractivity contribution < 1.29 is 10.2 Å². The van der Waals surface area contributed by atoms with Crippen LogP contribution in [0.3, 0.4) is 0 Å². The van der Waals surface area contributed by atoms with Crippen LogP contribution in [0, 0.1) is 0 Å². The minimum Gasteiger partial charge on any atom is -0.394 e. The Morgan fingerprint density at radius 2 is 2.17 bits per heavy atom. The molecule has 3 N–H and O–H groups in total. The monoisotopic (exact) mass is 172 g/mol. The van der Waals surface area contributed by atoms with E-state index in [-0.39, 0.29) is 13.2 Å². The Labute approximate surface area is 72.3 Å². The van der Waals surface area contributed by atoms with Gasteiger partial charge >= 0.3 is 0 Å². The van der Waals surface area contributed by atoms with E-state index in [4.69, 9.17) is 10.2 Å². The number of aliphatic hydroxyl groups is 2. The summed E-state index contributed by atoms with van der Waals surface area (Å²) in [4.78, 5) is 4.20. The van der Waals surface area contributed by atoms with Crippen LogP contribution in [0.5, 0.6) is 0 Å². The molecule has 4 nitrogen and oxygen atoms in total. The van der Waals surface area contributed by atoms with E-state index in [1.807, 2.05) is 0 Å². The standard InChI is InChI=1S/C8H16N2O2/c1-8(5-11,6-12)10-7-3-2-4-9-7/h11-12H,2-6H2,1H3,(H,9,10). The smallest absolute Gasteiger partial charge is 0.0969 e. The highest BCUT2D eigenvalue weighted by atomic mass is 16.3. The number of aliphatic hydroxyl groups excluding tert-OH is 2. The quantitative estimate of drug-likeness (QED) is 0.538. The second-order valence-electron chi connectivity index (χ2n) is 3.43. The first-order chi connectivity index (χ1) is 5.70. The third-order valence-corrected chi connectivity index (χ3v) is 2.02. The molecule has 0 bridgehead atoms. The summed E-state index contributed by atoms with van der Waals surface area (Å²) in [5, 5.41) is 21.0. The van der Waals surface area contributed by atoms with Crippen LogP contribution >= 0.6 is 0 Å². The van der Waals surface area contributed by atoms with Gasteiger partial charge in [0.2, 0.25) is 0 Å². The first-order valence-corrected chi connectivity index (χ1v) is 4.23. The van der Waals surface area contributed by atoms with Crippen molar-refractivity contribution in [3.63, 3.8) is 0 Å². The highest BCUT2D eigenvalue weighted by Crippen LogP contribution is 2.07. The highest BCUT2D eigenvalue weighted by Gasteiger charge is 2.24. The maximum Gasteiger partial charge on any atom is 0.0969 e. The number of amidine groups is 1. The van der Waals surface area contributed by atoms with Crippen LogP contribution < -0.4 is 5.32 Å². The molecular weight excluding hydrogens is 156 g/mol. The Bertz CT molecular complexity index is 176. The molecule has 0 aromatic heterocycles. The molecular formula is C8H16N2O2. The zero-order valence-electron chi connectivity index (χ0n) is 7.38. The van der Waals surface area contributed by atoms with Gasteiger partial charge in [-0.2, -0.15) is 0 Å². The second-order valence-corrected chi connectivity index (χ2v) is 3.43. The molecule has 12 heavy (non-hydrogen) atoms. The Balaban J connectivity index is 2.46. The predicted octanol–water partition coefficient (Wildman–Crippen LogP) is -0.488. The van der Waals surface area contributed by atoms with Crippen molar-refractivity contribution in [3.05, 3.63) is 0 Å². The first-order valence-electron chi connectivity index (χ1n) is 4.23. The van der Waals surface area contributed by atoms with Crippen LogP contribution in [0.15, 0.2) is 4.99 Å². The summed E-state index contributed by atoms with van der Waals surface area (Å²) < 4.78 is 0. The average molecular weight is 172 g/mol. The van der Waals surface area contributed by atoms with Crippen molar-refractivity contribution in [2.75, 3.05) is 19.8 Å². The van der Waals surface area contributed by atoms with Crippen LogP contribution in [-0.4, -0.2) is 41.3 Å². The number of nitrogens with one attached hydrogen (secondary N) is 1. The van der Waals surface area contributed by atoms with E-state index in [2.05, 4.69) is 10.3 Å². The first kappa shape index (κ1) is 9.48. The number of hydrogen-bond acceptors (Lipinski definition) is 4. The van der Waals surface area contributed by atoms with Gasteiger partial charge in [0.15, 0.2) is 0 Å². The maximum absolute atomic E-state index is 8.97. The topological polar surface area (TPSA) is 64.8 Å². The van der Waals surface area contributed by atoms with E-state index in [1.165, 1.54) is 0 Å². The molecule has 1 aliphatic rings. The van der Waals surface area contributed by atoms with Crippen LogP contribution in [-0.2, 0) is 0 Å². The van der Waals surface area contributed by atoms with Gasteiger partial charge in [-0.1, -0.05) is 0 Å². The molecule has 1 aliphatic heterocycles. The Morgan fingerprint density at radius 3 is 2.58 bits per heavy atom. The molecule has 0 amide bonds. The number of rotatable bonds is 3. The summed E-state index contributed by atoms with van der Waals surface area (Å²) in [5.74, 6) is 0.903. The summed E-state index contributed by atoms with van der Waals surface area (Å²) >= 11 is 0. The Morgan fingerprint density at radius 1 is 1.50 bits per heavy atom. The fraction of sp³-hybridized carbons (Fsp3) is 0.875. The van der Waals surface area contributed by atoms with E-state index in [0.717, 1.165) is 25.2 Å². The molecule has 0 saturated heterocycles. The molecule has 0 spiro atoms. The molecule has 0 fully saturated rings. The molecule has 0 aromatic rings. The van der Waals surface area contributed by atoms with E-state index in [1.54, 1.807) is 6.92 Å². The number of hydrogen-bond donors (Lipinski definition) is 3. The molecule has 0 aliphatic carbocycles. The molecule has 0 radical (unpaired) electrons. The van der Waals surface area contributed by atoms with Crippen molar-refractivity contribution in [3.8, 4) is 0 Å². The van der Waals surface area contributed by atoms with Gasteiger partial charge in [0.25, 0.3) is 0 Å². The van der Waals surface area contributed by atoms with Gasteiger partial charge in [0, 0.05) is 13.0 Å². The predicted molar refractivity (Wildman–Crippen MR) is 47.2 cm³/mol. The number of nitrogens with zero attached hydrogens (tertiary/aromatic N) is 1.